The van der Waals surface area contributed by atoms with Gasteiger partial charge in [-0.15, -0.1) is 0 Å². The molecule has 1 aliphatic carbocycles. The standard InChI is InChI=1S/C23H29ClFN4O7PS/c1-13(2)34-20(31)14(3)28-37(38,36-15-7-5-4-6-8-15)33-12-16-19(30)23(24,25)22(35-16)11-17(22)29-10-9-18(26)27-21(29)32/h4-10,13-14,16-17,19,30H,11-12H2,1-3H3,(H,28,38)(H2,26,27,32)/t14-,16?,17?,19-,22?,23+,37-/m1/s1. The highest BCUT2D eigenvalue weighted by Gasteiger charge is 2.78. The summed E-state index contributed by atoms with van der Waals surface area (Å²) in [4.78, 5) is 28.3. The van der Waals surface area contributed by atoms with Gasteiger partial charge in [-0.1, -0.05) is 29.8 Å². The van der Waals surface area contributed by atoms with Crippen LogP contribution in [0.1, 0.15) is 33.2 Å². The molecule has 11 nitrogen and oxygen atoms in total. The number of halogens is 2. The van der Waals surface area contributed by atoms with E-state index >= 15 is 4.39 Å². The average Bonchev–Trinajstić information content (AvgIpc) is 3.52. The van der Waals surface area contributed by atoms with Crippen LogP contribution in [-0.4, -0.2) is 62.3 Å². The molecule has 15 heteroatoms. The van der Waals surface area contributed by atoms with Crippen molar-refractivity contribution < 1.29 is 32.8 Å². The fourth-order valence-corrected chi connectivity index (χ4v) is 7.03. The highest BCUT2D eigenvalue weighted by atomic mass is 35.5. The van der Waals surface area contributed by atoms with E-state index in [9.17, 15) is 14.7 Å². The van der Waals surface area contributed by atoms with Crippen molar-refractivity contribution in [3.05, 3.63) is 53.1 Å². The smallest absolute Gasteiger partial charge is 0.349 e. The number of carbonyl (C=O) groups is 1. The highest BCUT2D eigenvalue weighted by Crippen LogP contribution is 2.65. The Kier molecular flexibility index (Phi) is 8.21. The minimum Gasteiger partial charge on any atom is -0.462 e. The molecule has 7 atom stereocenters. The van der Waals surface area contributed by atoms with Gasteiger partial charge in [0, 0.05) is 12.6 Å². The van der Waals surface area contributed by atoms with E-state index < -0.39 is 59.9 Å². The number of rotatable bonds is 10. The number of para-hydroxylation sites is 1. The highest BCUT2D eigenvalue weighted by molar-refractivity contribution is 8.09. The summed E-state index contributed by atoms with van der Waals surface area (Å²) in [6, 6.07) is 8.20. The lowest BCUT2D eigenvalue weighted by Crippen LogP contribution is -2.43. The van der Waals surface area contributed by atoms with E-state index in [4.69, 9.17) is 47.7 Å². The van der Waals surface area contributed by atoms with Gasteiger partial charge in [-0.2, -0.15) is 4.98 Å². The van der Waals surface area contributed by atoms with Crippen molar-refractivity contribution in [3.8, 4) is 5.75 Å². The fourth-order valence-electron chi connectivity index (χ4n) is 4.23. The number of nitrogen functional groups attached to an aromatic ring is 1. The van der Waals surface area contributed by atoms with Crippen LogP contribution in [0.5, 0.6) is 5.75 Å². The number of aliphatic hydroxyl groups excluding tert-OH is 1. The van der Waals surface area contributed by atoms with Gasteiger partial charge in [-0.3, -0.25) is 9.36 Å². The molecule has 0 radical (unpaired) electrons. The van der Waals surface area contributed by atoms with Crippen LogP contribution < -0.4 is 21.0 Å². The Labute approximate surface area is 228 Å². The average molecular weight is 591 g/mol. The zero-order valence-electron chi connectivity index (χ0n) is 20.8. The number of aromatic nitrogens is 2. The summed E-state index contributed by atoms with van der Waals surface area (Å²) in [7, 11) is 0. The van der Waals surface area contributed by atoms with Crippen LogP contribution in [0.3, 0.4) is 0 Å². The van der Waals surface area contributed by atoms with E-state index in [1.165, 1.54) is 19.2 Å². The number of nitrogens with one attached hydrogen (secondary N) is 1. The Morgan fingerprint density at radius 3 is 2.71 bits per heavy atom. The zero-order valence-corrected chi connectivity index (χ0v) is 23.3. The van der Waals surface area contributed by atoms with Gasteiger partial charge in [0.05, 0.1) is 18.8 Å². The molecular weight excluding hydrogens is 562 g/mol. The zero-order chi connectivity index (χ0) is 27.9. The van der Waals surface area contributed by atoms with E-state index in [-0.39, 0.29) is 18.3 Å². The summed E-state index contributed by atoms with van der Waals surface area (Å²) in [6.07, 6.45) is -2.06. The first-order valence-corrected chi connectivity index (χ1v) is 14.9. The summed E-state index contributed by atoms with van der Waals surface area (Å²) in [5.41, 5.74) is 3.14. The van der Waals surface area contributed by atoms with Crippen LogP contribution in [0.25, 0.3) is 0 Å². The molecule has 3 unspecified atom stereocenters. The molecule has 1 aromatic heterocycles. The van der Waals surface area contributed by atoms with Gasteiger partial charge in [0.2, 0.25) is 5.13 Å². The Bertz CT molecular complexity index is 1290. The van der Waals surface area contributed by atoms with Gasteiger partial charge in [-0.25, -0.2) is 14.3 Å². The van der Waals surface area contributed by atoms with Crippen LogP contribution in [0.4, 0.5) is 10.2 Å². The number of alkyl halides is 2. The molecule has 0 bridgehead atoms. The molecular formula is C23H29ClFN4O7PS. The molecule has 1 aliphatic heterocycles. The predicted octanol–water partition coefficient (Wildman–Crippen LogP) is 2.42. The second-order valence-electron chi connectivity index (χ2n) is 9.41. The van der Waals surface area contributed by atoms with Gasteiger partial charge in [0.15, 0.2) is 0 Å². The SMILES string of the molecule is CC(C)OC(=O)[C@@H](C)N[P@@](=S)(OCC1OC2(CC2n2ccc(N)nc2=O)[C@](F)(Cl)[C@@H]1O)Oc1ccccc1. The Morgan fingerprint density at radius 2 is 2.08 bits per heavy atom. The van der Waals surface area contributed by atoms with Gasteiger partial charge < -0.3 is 29.4 Å². The quantitative estimate of drug-likeness (QED) is 0.213. The largest absolute Gasteiger partial charge is 0.462 e. The lowest BCUT2D eigenvalue weighted by atomic mass is 10.1. The van der Waals surface area contributed by atoms with Gasteiger partial charge in [0.25, 0.3) is 0 Å². The second kappa shape index (κ2) is 10.8. The van der Waals surface area contributed by atoms with Crippen molar-refractivity contribution in [2.24, 2.45) is 0 Å². The Morgan fingerprint density at radius 1 is 1.39 bits per heavy atom. The third-order valence-electron chi connectivity index (χ3n) is 6.15. The molecule has 1 saturated heterocycles. The minimum atomic E-state index is -3.48. The molecule has 2 fully saturated rings. The number of carbonyl (C=O) groups excluding carboxylic acids is 1. The topological polar surface area (TPSA) is 147 Å². The maximum atomic E-state index is 15.7. The van der Waals surface area contributed by atoms with E-state index in [2.05, 4.69) is 10.1 Å². The summed E-state index contributed by atoms with van der Waals surface area (Å²) >= 11 is 11.8. The molecule has 2 aromatic rings. The number of ether oxygens (including phenoxy) is 2. The van der Waals surface area contributed by atoms with Crippen LogP contribution in [-0.2, 0) is 30.6 Å². The maximum absolute atomic E-state index is 15.7. The van der Waals surface area contributed by atoms with Crippen molar-refractivity contribution in [2.75, 3.05) is 12.3 Å². The van der Waals surface area contributed by atoms with Crippen molar-refractivity contribution in [1.82, 2.24) is 14.6 Å². The van der Waals surface area contributed by atoms with Crippen molar-refractivity contribution in [3.63, 3.8) is 0 Å². The Balaban J connectivity index is 1.51. The number of aliphatic hydroxyl groups is 1. The third-order valence-corrected chi connectivity index (χ3v) is 9.19. The van der Waals surface area contributed by atoms with Crippen molar-refractivity contribution in [2.45, 2.75) is 68.3 Å². The first-order valence-electron chi connectivity index (χ1n) is 11.8. The van der Waals surface area contributed by atoms with Gasteiger partial charge >= 0.3 is 18.3 Å². The number of hydrogen-bond acceptors (Lipinski definition) is 10. The van der Waals surface area contributed by atoms with E-state index in [0.717, 1.165) is 4.57 Å². The fraction of sp³-hybridized carbons (Fsp3) is 0.522. The van der Waals surface area contributed by atoms with Crippen molar-refractivity contribution in [1.29, 1.82) is 0 Å². The number of nitrogens with zero attached hydrogens (tertiary/aromatic N) is 2. The number of esters is 1. The van der Waals surface area contributed by atoms with Gasteiger partial charge in [-0.05, 0) is 50.8 Å². The summed E-state index contributed by atoms with van der Waals surface area (Å²) < 4.78 is 39.8. The Hall–Kier alpha value is -2.12. The maximum Gasteiger partial charge on any atom is 0.349 e. The number of anilines is 1. The molecule has 4 rings (SSSR count). The van der Waals surface area contributed by atoms with E-state index in [0.29, 0.717) is 5.75 Å². The summed E-state index contributed by atoms with van der Waals surface area (Å²) in [5, 5.41) is 10.9. The van der Waals surface area contributed by atoms with Crippen LogP contribution in [0.15, 0.2) is 47.4 Å². The normalized spacial score (nSPS) is 30.7. The molecule has 38 heavy (non-hydrogen) atoms. The number of nitrogens with two attached hydrogens (primary N) is 1. The number of hydrogen-bond donors (Lipinski definition) is 3. The van der Waals surface area contributed by atoms with E-state index in [1.54, 1.807) is 44.2 Å². The second-order valence-corrected chi connectivity index (χ2v) is 13.1. The third kappa shape index (κ3) is 5.74. The molecule has 1 saturated carbocycles. The van der Waals surface area contributed by atoms with E-state index in [1.807, 2.05) is 0 Å². The first-order chi connectivity index (χ1) is 17.8. The summed E-state index contributed by atoms with van der Waals surface area (Å²) in [5.74, 6) is -0.190. The molecule has 0 amide bonds. The lowest BCUT2D eigenvalue weighted by molar-refractivity contribution is -0.149. The molecule has 2 heterocycles. The van der Waals surface area contributed by atoms with Crippen molar-refractivity contribution >= 4 is 41.8 Å². The first kappa shape index (κ1) is 28.9. The molecule has 1 spiro atoms. The predicted molar refractivity (Wildman–Crippen MR) is 141 cm³/mol. The van der Waals surface area contributed by atoms with Crippen LogP contribution >= 0.6 is 18.2 Å². The molecule has 208 valence electrons. The minimum absolute atomic E-state index is 0.0110. The lowest BCUT2D eigenvalue weighted by Gasteiger charge is -2.28. The van der Waals surface area contributed by atoms with Crippen LogP contribution in [0, 0.1) is 0 Å². The molecule has 1 aromatic carbocycles. The number of benzene rings is 1. The molecule has 4 N–H and O–H groups in total. The molecule has 2 aliphatic rings. The monoisotopic (exact) mass is 590 g/mol. The van der Waals surface area contributed by atoms with Crippen LogP contribution in [0.2, 0.25) is 0 Å². The van der Waals surface area contributed by atoms with Gasteiger partial charge in [0.1, 0.15) is 35.4 Å². The summed E-state index contributed by atoms with van der Waals surface area (Å²) in [6.45, 7) is 1.06.